The average molecular weight is 445 g/mol. The van der Waals surface area contributed by atoms with Gasteiger partial charge in [-0.3, -0.25) is 9.78 Å². The molecule has 0 fully saturated rings. The summed E-state index contributed by atoms with van der Waals surface area (Å²) in [7, 11) is 1.44. The van der Waals surface area contributed by atoms with Crippen LogP contribution >= 0.6 is 11.6 Å². The van der Waals surface area contributed by atoms with Crippen molar-refractivity contribution in [3.63, 3.8) is 0 Å². The highest BCUT2D eigenvalue weighted by atomic mass is 35.5. The van der Waals surface area contributed by atoms with E-state index in [9.17, 15) is 9.59 Å². The van der Waals surface area contributed by atoms with Gasteiger partial charge in [0.15, 0.2) is 0 Å². The second-order valence-corrected chi connectivity index (χ2v) is 6.85. The molecule has 1 aromatic heterocycles. The van der Waals surface area contributed by atoms with Crippen LogP contribution in [0.3, 0.4) is 0 Å². The number of hydrogen-bond acceptors (Lipinski definition) is 6. The van der Waals surface area contributed by atoms with E-state index in [1.807, 2.05) is 0 Å². The van der Waals surface area contributed by atoms with Gasteiger partial charge < -0.3 is 30.9 Å². The van der Waals surface area contributed by atoms with E-state index >= 15 is 0 Å². The van der Waals surface area contributed by atoms with Crippen molar-refractivity contribution in [3.05, 3.63) is 53.2 Å². The number of hydrogen-bond donors (Lipinski definition) is 4. The molecule has 3 rings (SSSR count). The summed E-state index contributed by atoms with van der Waals surface area (Å²) in [6, 6.07) is 9.18. The number of ether oxygens (including phenoxy) is 2. The van der Waals surface area contributed by atoms with Gasteiger partial charge in [0.2, 0.25) is 0 Å². The first-order valence-electron chi connectivity index (χ1n) is 9.32. The van der Waals surface area contributed by atoms with Crippen LogP contribution in [-0.2, 0) is 0 Å². The van der Waals surface area contributed by atoms with Crippen molar-refractivity contribution in [1.82, 2.24) is 10.3 Å². The maximum atomic E-state index is 11.9. The Bertz CT molecular complexity index is 1120. The number of aromatic nitrogens is 1. The number of aliphatic hydroxyl groups excluding tert-OH is 1. The van der Waals surface area contributed by atoms with Crippen molar-refractivity contribution in [2.75, 3.05) is 25.6 Å². The van der Waals surface area contributed by atoms with Crippen molar-refractivity contribution in [1.29, 1.82) is 0 Å². The number of primary amides is 1. The average Bonchev–Trinajstić information content (AvgIpc) is 2.75. The zero-order chi connectivity index (χ0) is 22.4. The molecule has 0 aliphatic rings. The van der Waals surface area contributed by atoms with Crippen LogP contribution in [0.25, 0.3) is 10.9 Å². The molecule has 31 heavy (non-hydrogen) atoms. The van der Waals surface area contributed by atoms with Gasteiger partial charge >= 0.3 is 6.03 Å². The van der Waals surface area contributed by atoms with Crippen molar-refractivity contribution in [3.8, 4) is 17.2 Å². The first-order chi connectivity index (χ1) is 14.9. The fourth-order valence-corrected chi connectivity index (χ4v) is 3.05. The molecule has 0 saturated heterocycles. The number of nitrogens with two attached hydrogens (primary N) is 1. The molecular weight excluding hydrogens is 424 g/mol. The zero-order valence-electron chi connectivity index (χ0n) is 16.6. The second-order valence-electron chi connectivity index (χ2n) is 6.44. The number of rotatable bonds is 8. The Labute approximate surface area is 183 Å². The number of carbonyl (C=O) groups is 2. The monoisotopic (exact) mass is 444 g/mol. The Morgan fingerprint density at radius 3 is 2.68 bits per heavy atom. The molecule has 1 heterocycles. The van der Waals surface area contributed by atoms with E-state index in [0.29, 0.717) is 46.8 Å². The number of fused-ring (bicyclic) bond motifs is 1. The van der Waals surface area contributed by atoms with Crippen LogP contribution in [0, 0.1) is 0 Å². The molecule has 0 aliphatic heterocycles. The van der Waals surface area contributed by atoms with Crippen LogP contribution in [0.5, 0.6) is 17.2 Å². The predicted octanol–water partition coefficient (Wildman–Crippen LogP) is 3.29. The topological polar surface area (TPSA) is 136 Å². The quantitative estimate of drug-likeness (QED) is 0.393. The fourth-order valence-electron chi connectivity index (χ4n) is 2.83. The first kappa shape index (κ1) is 22.1. The highest BCUT2D eigenvalue weighted by molar-refractivity contribution is 6.33. The van der Waals surface area contributed by atoms with Crippen LogP contribution in [0.15, 0.2) is 42.6 Å². The largest absolute Gasteiger partial charge is 0.496 e. The van der Waals surface area contributed by atoms with E-state index in [-0.39, 0.29) is 17.2 Å². The minimum Gasteiger partial charge on any atom is -0.496 e. The van der Waals surface area contributed by atoms with E-state index in [1.165, 1.54) is 7.11 Å². The summed E-state index contributed by atoms with van der Waals surface area (Å²) in [5.74, 6) is 0.540. The lowest BCUT2D eigenvalue weighted by Gasteiger charge is -2.13. The third-order valence-corrected chi connectivity index (χ3v) is 4.64. The van der Waals surface area contributed by atoms with Gasteiger partial charge in [0.25, 0.3) is 5.91 Å². The smallest absolute Gasteiger partial charge is 0.319 e. The lowest BCUT2D eigenvalue weighted by molar-refractivity contribution is 0.0997. The maximum Gasteiger partial charge on any atom is 0.319 e. The lowest BCUT2D eigenvalue weighted by Crippen LogP contribution is -2.30. The van der Waals surface area contributed by atoms with Crippen LogP contribution in [0.2, 0.25) is 5.02 Å². The van der Waals surface area contributed by atoms with Gasteiger partial charge in [0, 0.05) is 36.9 Å². The third-order valence-electron chi connectivity index (χ3n) is 4.33. The molecule has 0 atom stereocenters. The van der Waals surface area contributed by atoms with Crippen LogP contribution < -0.4 is 25.8 Å². The summed E-state index contributed by atoms with van der Waals surface area (Å²) in [4.78, 5) is 27.9. The Balaban J connectivity index is 1.84. The summed E-state index contributed by atoms with van der Waals surface area (Å²) in [6.07, 6.45) is 2.02. The molecule has 0 saturated carbocycles. The number of anilines is 1. The first-order valence-corrected chi connectivity index (χ1v) is 9.70. The highest BCUT2D eigenvalue weighted by Crippen LogP contribution is 2.35. The zero-order valence-corrected chi connectivity index (χ0v) is 17.4. The molecule has 0 unspecified atom stereocenters. The molecule has 0 bridgehead atoms. The van der Waals surface area contributed by atoms with E-state index < -0.39 is 11.9 Å². The number of aliphatic hydroxyl groups is 1. The molecule has 162 valence electrons. The van der Waals surface area contributed by atoms with Crippen LogP contribution in [0.1, 0.15) is 16.8 Å². The number of nitrogens with zero attached hydrogens (tertiary/aromatic N) is 1. The van der Waals surface area contributed by atoms with Crippen molar-refractivity contribution in [2.45, 2.75) is 6.42 Å². The summed E-state index contributed by atoms with van der Waals surface area (Å²) in [5, 5.41) is 14.8. The molecule has 2 aromatic carbocycles. The molecule has 0 radical (unpaired) electrons. The molecular formula is C21H21ClN4O5. The van der Waals surface area contributed by atoms with Gasteiger partial charge in [0.05, 0.1) is 28.9 Å². The summed E-state index contributed by atoms with van der Waals surface area (Å²) in [5.41, 5.74) is 6.61. The molecule has 0 spiro atoms. The van der Waals surface area contributed by atoms with Crippen molar-refractivity contribution in [2.24, 2.45) is 5.73 Å². The fraction of sp³-hybridized carbons (Fsp3) is 0.190. The maximum absolute atomic E-state index is 11.9. The van der Waals surface area contributed by atoms with Crippen LogP contribution in [-0.4, -0.2) is 42.3 Å². The number of pyridine rings is 1. The van der Waals surface area contributed by atoms with Gasteiger partial charge in [-0.25, -0.2) is 4.79 Å². The van der Waals surface area contributed by atoms with Crippen LogP contribution in [0.4, 0.5) is 10.5 Å². The number of halogens is 1. The second kappa shape index (κ2) is 9.96. The number of urea groups is 1. The number of carbonyl (C=O) groups excluding carboxylic acids is 2. The Kier molecular flexibility index (Phi) is 7.11. The number of amides is 3. The van der Waals surface area contributed by atoms with Crippen molar-refractivity contribution < 1.29 is 24.2 Å². The van der Waals surface area contributed by atoms with Crippen molar-refractivity contribution >= 4 is 40.1 Å². The Morgan fingerprint density at radius 2 is 2.00 bits per heavy atom. The van der Waals surface area contributed by atoms with E-state index in [0.717, 1.165) is 0 Å². The Hall–Kier alpha value is -3.56. The summed E-state index contributed by atoms with van der Waals surface area (Å²) >= 11 is 6.27. The highest BCUT2D eigenvalue weighted by Gasteiger charge is 2.15. The summed E-state index contributed by atoms with van der Waals surface area (Å²) in [6.45, 7) is 0.332. The number of benzene rings is 2. The van der Waals surface area contributed by atoms with Gasteiger partial charge in [-0.2, -0.15) is 0 Å². The van der Waals surface area contributed by atoms with E-state index in [2.05, 4.69) is 15.6 Å². The minimum atomic E-state index is -0.635. The van der Waals surface area contributed by atoms with Gasteiger partial charge in [-0.15, -0.1) is 0 Å². The lowest BCUT2D eigenvalue weighted by atomic mass is 10.1. The predicted molar refractivity (Wildman–Crippen MR) is 117 cm³/mol. The molecule has 0 aliphatic carbocycles. The van der Waals surface area contributed by atoms with E-state index in [4.69, 9.17) is 31.9 Å². The minimum absolute atomic E-state index is 0.00945. The molecule has 3 aromatic rings. The van der Waals surface area contributed by atoms with Gasteiger partial charge in [-0.05, 0) is 30.7 Å². The standard InChI is InChI=1S/C21H21ClN4O5/c1-30-19-11-17-13(10-14(19)20(23)28)18(5-7-24-17)31-12-3-4-16(15(22)9-12)26-21(29)25-6-2-8-27/h3-5,7,9-11,27H,2,6,8H2,1H3,(H2,23,28)(H2,25,26,29). The SMILES string of the molecule is COc1cc2nccc(Oc3ccc(NC(=O)NCCCO)c(Cl)c3)c2cc1C(N)=O. The Morgan fingerprint density at radius 1 is 1.19 bits per heavy atom. The molecule has 5 N–H and O–H groups in total. The normalized spacial score (nSPS) is 10.5. The number of methoxy groups -OCH3 is 1. The summed E-state index contributed by atoms with van der Waals surface area (Å²) < 4.78 is 11.2. The van der Waals surface area contributed by atoms with Gasteiger partial charge in [-0.1, -0.05) is 11.6 Å². The number of nitrogens with one attached hydrogen (secondary N) is 2. The molecule has 9 nitrogen and oxygen atoms in total. The van der Waals surface area contributed by atoms with Gasteiger partial charge in [0.1, 0.15) is 17.2 Å². The molecule has 3 amide bonds. The molecule has 10 heteroatoms. The van der Waals surface area contributed by atoms with E-state index in [1.54, 1.807) is 42.6 Å². The third kappa shape index (κ3) is 5.33.